The summed E-state index contributed by atoms with van der Waals surface area (Å²) in [5.41, 5.74) is 0.875. The zero-order valence-corrected chi connectivity index (χ0v) is 8.62. The maximum absolute atomic E-state index is 10.9. The van der Waals surface area contributed by atoms with Crippen LogP contribution in [-0.4, -0.2) is 13.1 Å². The third-order valence-electron chi connectivity index (χ3n) is 1.91. The number of carbonyl (C=O) groups is 1. The molecule has 2 nitrogen and oxygen atoms in total. The predicted molar refractivity (Wildman–Crippen MR) is 55.1 cm³/mol. The van der Waals surface area contributed by atoms with Crippen molar-refractivity contribution < 1.29 is 9.53 Å². The Morgan fingerprint density at radius 2 is 2.07 bits per heavy atom. The van der Waals surface area contributed by atoms with Gasteiger partial charge in [0.15, 0.2) is 0 Å². The van der Waals surface area contributed by atoms with Crippen LogP contribution in [-0.2, 0) is 9.53 Å². The van der Waals surface area contributed by atoms with Gasteiger partial charge in [0.05, 0.1) is 13.5 Å². The molecular formula is C11H11ClO2. The van der Waals surface area contributed by atoms with E-state index in [0.29, 0.717) is 5.02 Å². The van der Waals surface area contributed by atoms with E-state index in [-0.39, 0.29) is 18.3 Å². The summed E-state index contributed by atoms with van der Waals surface area (Å²) in [7, 11) is 1.34. The average Bonchev–Trinajstić information content (AvgIpc) is 2.18. The molecule has 0 saturated carbocycles. The van der Waals surface area contributed by atoms with Crippen molar-refractivity contribution in [3.63, 3.8) is 0 Å². The third kappa shape index (κ3) is 3.04. The molecule has 2 radical (unpaired) electrons. The summed E-state index contributed by atoms with van der Waals surface area (Å²) in [6.07, 6.45) is 0.179. The molecule has 1 aromatic rings. The van der Waals surface area contributed by atoms with Crippen LogP contribution >= 0.6 is 11.6 Å². The lowest BCUT2D eigenvalue weighted by Crippen LogP contribution is -2.05. The number of hydrogen-bond acceptors (Lipinski definition) is 2. The zero-order valence-electron chi connectivity index (χ0n) is 7.87. The first kappa shape index (κ1) is 11.1. The molecule has 0 heterocycles. The monoisotopic (exact) mass is 210 g/mol. The Labute approximate surface area is 88.8 Å². The number of rotatable bonds is 3. The fourth-order valence-corrected chi connectivity index (χ4v) is 1.22. The molecule has 0 unspecified atom stereocenters. The Balaban J connectivity index is 2.65. The zero-order chi connectivity index (χ0) is 10.6. The van der Waals surface area contributed by atoms with Crippen LogP contribution in [0, 0.1) is 6.92 Å². The lowest BCUT2D eigenvalue weighted by Gasteiger charge is -2.09. The fraction of sp³-hybridized carbons (Fsp3) is 0.273. The molecule has 1 rings (SSSR count). The van der Waals surface area contributed by atoms with Crippen LogP contribution in [0.2, 0.25) is 5.02 Å². The standard InChI is InChI=1S/C11H11ClO2/c1-8(7-11(13)14-2)9-3-5-10(12)6-4-9/h1,3-6,8H,7H2,2H3/t8-/m1/s1. The van der Waals surface area contributed by atoms with Gasteiger partial charge in [-0.3, -0.25) is 4.79 Å². The quantitative estimate of drug-likeness (QED) is 0.717. The van der Waals surface area contributed by atoms with Gasteiger partial charge in [-0.25, -0.2) is 0 Å². The number of methoxy groups -OCH3 is 1. The number of esters is 1. The van der Waals surface area contributed by atoms with Crippen LogP contribution in [0.5, 0.6) is 0 Å². The first-order valence-corrected chi connectivity index (χ1v) is 4.59. The van der Waals surface area contributed by atoms with E-state index >= 15 is 0 Å². The molecule has 0 aliphatic heterocycles. The van der Waals surface area contributed by atoms with Crippen molar-refractivity contribution in [3.8, 4) is 0 Å². The van der Waals surface area contributed by atoms with Gasteiger partial charge in [-0.15, -0.1) is 0 Å². The number of halogens is 1. The minimum absolute atomic E-state index is 0.179. The van der Waals surface area contributed by atoms with E-state index in [1.165, 1.54) is 7.11 Å². The van der Waals surface area contributed by atoms with Gasteiger partial charge in [0.25, 0.3) is 0 Å². The highest BCUT2D eigenvalue weighted by Crippen LogP contribution is 2.20. The number of ether oxygens (including phenoxy) is 1. The molecule has 0 fully saturated rings. The summed E-state index contributed by atoms with van der Waals surface area (Å²) in [5, 5.41) is 0.652. The van der Waals surface area contributed by atoms with E-state index in [1.54, 1.807) is 24.3 Å². The van der Waals surface area contributed by atoms with Gasteiger partial charge in [-0.1, -0.05) is 23.7 Å². The maximum Gasteiger partial charge on any atom is 0.306 e. The molecule has 0 amide bonds. The summed E-state index contributed by atoms with van der Waals surface area (Å²) in [4.78, 5) is 10.9. The summed E-state index contributed by atoms with van der Waals surface area (Å²) < 4.78 is 4.52. The Bertz CT molecular complexity index is 306. The first-order valence-electron chi connectivity index (χ1n) is 4.21. The van der Waals surface area contributed by atoms with E-state index in [9.17, 15) is 4.79 Å². The SMILES string of the molecule is [CH][C@H](CC(=O)OC)c1ccc(Cl)cc1. The highest BCUT2D eigenvalue weighted by molar-refractivity contribution is 6.30. The molecule has 0 N–H and O–H groups in total. The Hall–Kier alpha value is -1.02. The van der Waals surface area contributed by atoms with Crippen LogP contribution < -0.4 is 0 Å². The third-order valence-corrected chi connectivity index (χ3v) is 2.16. The lowest BCUT2D eigenvalue weighted by atomic mass is 9.98. The number of hydrogen-bond donors (Lipinski definition) is 0. The summed E-state index contributed by atoms with van der Waals surface area (Å²) >= 11 is 5.72. The van der Waals surface area contributed by atoms with Gasteiger partial charge < -0.3 is 4.74 Å². The van der Waals surface area contributed by atoms with E-state index < -0.39 is 0 Å². The molecule has 0 bridgehead atoms. The van der Waals surface area contributed by atoms with Crippen molar-refractivity contribution in [3.05, 3.63) is 41.8 Å². The van der Waals surface area contributed by atoms with E-state index in [1.807, 2.05) is 0 Å². The second-order valence-corrected chi connectivity index (χ2v) is 3.37. The van der Waals surface area contributed by atoms with Crippen molar-refractivity contribution in [1.82, 2.24) is 0 Å². The molecule has 0 aliphatic rings. The summed E-state index contributed by atoms with van der Waals surface area (Å²) in [6.45, 7) is 5.78. The minimum atomic E-state index is -0.334. The van der Waals surface area contributed by atoms with Crippen molar-refractivity contribution in [2.24, 2.45) is 0 Å². The topological polar surface area (TPSA) is 26.3 Å². The molecular weight excluding hydrogens is 200 g/mol. The van der Waals surface area contributed by atoms with Gasteiger partial charge in [0, 0.05) is 5.02 Å². The van der Waals surface area contributed by atoms with Gasteiger partial charge >= 0.3 is 5.97 Å². The van der Waals surface area contributed by atoms with Crippen molar-refractivity contribution >= 4 is 17.6 Å². The molecule has 0 aromatic heterocycles. The van der Waals surface area contributed by atoms with Crippen molar-refractivity contribution in [1.29, 1.82) is 0 Å². The molecule has 14 heavy (non-hydrogen) atoms. The van der Waals surface area contributed by atoms with Gasteiger partial charge in [-0.05, 0) is 30.5 Å². The normalized spacial score (nSPS) is 12.2. The fourth-order valence-electron chi connectivity index (χ4n) is 1.09. The molecule has 1 aromatic carbocycles. The smallest absolute Gasteiger partial charge is 0.306 e. The molecule has 0 spiro atoms. The van der Waals surface area contributed by atoms with E-state index in [0.717, 1.165) is 5.56 Å². The van der Waals surface area contributed by atoms with Gasteiger partial charge in [0.2, 0.25) is 0 Å². The Kier molecular flexibility index (Phi) is 3.96. The highest BCUT2D eigenvalue weighted by Gasteiger charge is 2.11. The van der Waals surface area contributed by atoms with Crippen LogP contribution in [0.1, 0.15) is 17.9 Å². The van der Waals surface area contributed by atoms with Gasteiger partial charge in [-0.2, -0.15) is 0 Å². The molecule has 0 saturated heterocycles. The number of carbonyl (C=O) groups excluding carboxylic acids is 1. The van der Waals surface area contributed by atoms with Crippen LogP contribution in [0.4, 0.5) is 0 Å². The van der Waals surface area contributed by atoms with Gasteiger partial charge in [0.1, 0.15) is 0 Å². The molecule has 1 atom stereocenters. The van der Waals surface area contributed by atoms with E-state index in [4.69, 9.17) is 18.5 Å². The van der Waals surface area contributed by atoms with E-state index in [2.05, 4.69) is 4.74 Å². The van der Waals surface area contributed by atoms with Crippen molar-refractivity contribution in [2.45, 2.75) is 12.3 Å². The molecule has 3 heteroatoms. The number of benzene rings is 1. The molecule has 74 valence electrons. The van der Waals surface area contributed by atoms with Crippen LogP contribution in [0.15, 0.2) is 24.3 Å². The lowest BCUT2D eigenvalue weighted by molar-refractivity contribution is -0.140. The van der Waals surface area contributed by atoms with Crippen molar-refractivity contribution in [2.75, 3.05) is 7.11 Å². The summed E-state index contributed by atoms with van der Waals surface area (Å²) in [6, 6.07) is 7.09. The second-order valence-electron chi connectivity index (χ2n) is 2.94. The maximum atomic E-state index is 10.9. The highest BCUT2D eigenvalue weighted by atomic mass is 35.5. The largest absolute Gasteiger partial charge is 0.469 e. The first-order chi connectivity index (χ1) is 6.63. The van der Waals surface area contributed by atoms with Crippen LogP contribution in [0.25, 0.3) is 0 Å². The minimum Gasteiger partial charge on any atom is -0.469 e. The summed E-state index contributed by atoms with van der Waals surface area (Å²) in [5.74, 6) is -0.646. The average molecular weight is 211 g/mol. The molecule has 0 aliphatic carbocycles. The van der Waals surface area contributed by atoms with Crippen LogP contribution in [0.3, 0.4) is 0 Å². The second kappa shape index (κ2) is 5.01. The Morgan fingerprint density at radius 3 is 2.57 bits per heavy atom. The Morgan fingerprint density at radius 1 is 1.50 bits per heavy atom. The predicted octanol–water partition coefficient (Wildman–Crippen LogP) is 2.70.